The van der Waals surface area contributed by atoms with Crippen molar-refractivity contribution in [1.82, 2.24) is 9.88 Å². The van der Waals surface area contributed by atoms with Gasteiger partial charge in [-0.15, -0.1) is 11.3 Å². The molecule has 148 valence electrons. The van der Waals surface area contributed by atoms with Crippen LogP contribution >= 0.6 is 11.3 Å². The minimum Gasteiger partial charge on any atom is -0.487 e. The van der Waals surface area contributed by atoms with Crippen LogP contribution in [0.3, 0.4) is 0 Å². The zero-order chi connectivity index (χ0) is 18.9. The van der Waals surface area contributed by atoms with Crippen LogP contribution in [0, 0.1) is 5.92 Å². The molecule has 0 saturated carbocycles. The van der Waals surface area contributed by atoms with E-state index in [2.05, 4.69) is 4.90 Å². The van der Waals surface area contributed by atoms with Crippen molar-refractivity contribution in [3.8, 4) is 5.75 Å². The number of thiazole rings is 1. The standard InChI is InChI=1S/C21H25N3O3S/c25-20(24-13-17(14-24)27-16-4-2-1-3-5-16)15-6-7-19-18(12-15)22-21(28-19)23-8-10-26-11-9-23/h1-5,15,17H,6-14H2. The Morgan fingerprint density at radius 2 is 1.96 bits per heavy atom. The van der Waals surface area contributed by atoms with Crippen LogP contribution in [0.2, 0.25) is 0 Å². The van der Waals surface area contributed by atoms with Crippen LogP contribution in [0.4, 0.5) is 5.13 Å². The van der Waals surface area contributed by atoms with Crippen molar-refractivity contribution >= 4 is 22.4 Å². The Morgan fingerprint density at radius 1 is 1.18 bits per heavy atom. The predicted octanol–water partition coefficient (Wildman–Crippen LogP) is 2.37. The normalized spacial score (nSPS) is 22.5. The first kappa shape index (κ1) is 17.9. The largest absolute Gasteiger partial charge is 0.487 e. The molecule has 3 aliphatic rings. The number of carbonyl (C=O) groups excluding carboxylic acids is 1. The second-order valence-electron chi connectivity index (χ2n) is 7.70. The number of benzene rings is 1. The van der Waals surface area contributed by atoms with E-state index in [4.69, 9.17) is 14.5 Å². The van der Waals surface area contributed by atoms with Crippen molar-refractivity contribution in [3.05, 3.63) is 40.9 Å². The number of para-hydroxylation sites is 1. The number of hydrogen-bond acceptors (Lipinski definition) is 6. The van der Waals surface area contributed by atoms with Crippen LogP contribution in [-0.4, -0.2) is 61.3 Å². The lowest BCUT2D eigenvalue weighted by atomic mass is 9.89. The highest BCUT2D eigenvalue weighted by molar-refractivity contribution is 7.15. The molecule has 2 aromatic rings. The van der Waals surface area contributed by atoms with Crippen molar-refractivity contribution in [2.45, 2.75) is 25.4 Å². The van der Waals surface area contributed by atoms with Gasteiger partial charge in [-0.3, -0.25) is 4.79 Å². The van der Waals surface area contributed by atoms with Crippen molar-refractivity contribution in [1.29, 1.82) is 0 Å². The third kappa shape index (κ3) is 3.61. The van der Waals surface area contributed by atoms with Crippen LogP contribution in [0.1, 0.15) is 17.0 Å². The van der Waals surface area contributed by atoms with Gasteiger partial charge >= 0.3 is 0 Å². The summed E-state index contributed by atoms with van der Waals surface area (Å²) in [6, 6.07) is 9.83. The molecule has 2 fully saturated rings. The minimum absolute atomic E-state index is 0.0600. The Labute approximate surface area is 169 Å². The van der Waals surface area contributed by atoms with Gasteiger partial charge in [-0.1, -0.05) is 18.2 Å². The molecule has 1 amide bonds. The summed E-state index contributed by atoms with van der Waals surface area (Å²) in [7, 11) is 0. The topological polar surface area (TPSA) is 54.9 Å². The number of nitrogens with zero attached hydrogens (tertiary/aromatic N) is 3. The quantitative estimate of drug-likeness (QED) is 0.790. The second kappa shape index (κ2) is 7.72. The van der Waals surface area contributed by atoms with E-state index >= 15 is 0 Å². The van der Waals surface area contributed by atoms with Crippen LogP contribution in [-0.2, 0) is 22.4 Å². The number of morpholine rings is 1. The summed E-state index contributed by atoms with van der Waals surface area (Å²) in [6.45, 7) is 4.73. The predicted molar refractivity (Wildman–Crippen MR) is 108 cm³/mol. The Balaban J connectivity index is 1.16. The Kier molecular flexibility index (Phi) is 4.94. The SMILES string of the molecule is O=C(C1CCc2sc(N3CCOCC3)nc2C1)N1CC(Oc2ccccc2)C1. The number of anilines is 1. The van der Waals surface area contributed by atoms with Gasteiger partial charge < -0.3 is 19.3 Å². The molecule has 0 bridgehead atoms. The van der Waals surface area contributed by atoms with E-state index < -0.39 is 0 Å². The molecule has 1 unspecified atom stereocenters. The van der Waals surface area contributed by atoms with Gasteiger partial charge in [-0.2, -0.15) is 0 Å². The second-order valence-corrected chi connectivity index (χ2v) is 8.76. The molecule has 3 heterocycles. The van der Waals surface area contributed by atoms with E-state index in [1.807, 2.05) is 35.2 Å². The summed E-state index contributed by atoms with van der Waals surface area (Å²) < 4.78 is 11.4. The van der Waals surface area contributed by atoms with E-state index in [-0.39, 0.29) is 17.9 Å². The molecule has 1 atom stereocenters. The number of ether oxygens (including phenoxy) is 2. The maximum absolute atomic E-state index is 12.9. The number of rotatable bonds is 4. The van der Waals surface area contributed by atoms with Gasteiger partial charge in [0, 0.05) is 30.3 Å². The van der Waals surface area contributed by atoms with Crippen LogP contribution in [0.5, 0.6) is 5.75 Å². The third-order valence-electron chi connectivity index (χ3n) is 5.76. The summed E-state index contributed by atoms with van der Waals surface area (Å²) in [4.78, 5) is 23.4. The highest BCUT2D eigenvalue weighted by atomic mass is 32.1. The van der Waals surface area contributed by atoms with Gasteiger partial charge in [0.15, 0.2) is 5.13 Å². The highest BCUT2D eigenvalue weighted by Gasteiger charge is 2.37. The molecule has 0 N–H and O–H groups in total. The van der Waals surface area contributed by atoms with E-state index in [9.17, 15) is 4.79 Å². The number of aromatic nitrogens is 1. The van der Waals surface area contributed by atoms with E-state index in [0.29, 0.717) is 13.1 Å². The highest BCUT2D eigenvalue weighted by Crippen LogP contribution is 2.35. The van der Waals surface area contributed by atoms with Crippen molar-refractivity contribution in [2.75, 3.05) is 44.3 Å². The Morgan fingerprint density at radius 3 is 2.75 bits per heavy atom. The number of fused-ring (bicyclic) bond motifs is 1. The molecule has 0 spiro atoms. The Bertz CT molecular complexity index is 829. The van der Waals surface area contributed by atoms with E-state index in [1.165, 1.54) is 4.88 Å². The first-order valence-corrected chi connectivity index (χ1v) is 10.9. The summed E-state index contributed by atoms with van der Waals surface area (Å²) in [5.41, 5.74) is 1.13. The molecule has 2 aliphatic heterocycles. The molecular weight excluding hydrogens is 374 g/mol. The van der Waals surface area contributed by atoms with Crippen molar-refractivity contribution < 1.29 is 14.3 Å². The molecule has 28 heavy (non-hydrogen) atoms. The number of hydrogen-bond donors (Lipinski definition) is 0. The molecule has 6 nitrogen and oxygen atoms in total. The summed E-state index contributed by atoms with van der Waals surface area (Å²) in [5.74, 6) is 1.20. The van der Waals surface area contributed by atoms with Gasteiger partial charge in [0.05, 0.1) is 32.0 Å². The number of carbonyl (C=O) groups is 1. The number of aryl methyl sites for hydroxylation is 1. The zero-order valence-corrected chi connectivity index (χ0v) is 16.7. The minimum atomic E-state index is 0.0600. The maximum atomic E-state index is 12.9. The molecule has 1 aliphatic carbocycles. The molecule has 1 aromatic carbocycles. The fraction of sp³-hybridized carbons (Fsp3) is 0.524. The Hall–Kier alpha value is -2.12. The molecule has 2 saturated heterocycles. The van der Waals surface area contributed by atoms with Gasteiger partial charge in [-0.05, 0) is 25.0 Å². The third-order valence-corrected chi connectivity index (χ3v) is 6.98. The lowest BCUT2D eigenvalue weighted by molar-refractivity contribution is -0.144. The zero-order valence-electron chi connectivity index (χ0n) is 15.9. The number of likely N-dealkylation sites (tertiary alicyclic amines) is 1. The lowest BCUT2D eigenvalue weighted by Crippen LogP contribution is -2.58. The fourth-order valence-electron chi connectivity index (χ4n) is 4.11. The molecule has 0 radical (unpaired) electrons. The first-order valence-electron chi connectivity index (χ1n) is 10.1. The van der Waals surface area contributed by atoms with Crippen molar-refractivity contribution in [2.24, 2.45) is 5.92 Å². The lowest BCUT2D eigenvalue weighted by Gasteiger charge is -2.41. The van der Waals surface area contributed by atoms with Crippen molar-refractivity contribution in [3.63, 3.8) is 0 Å². The van der Waals surface area contributed by atoms with E-state index in [0.717, 1.165) is 62.1 Å². The average molecular weight is 400 g/mol. The van der Waals surface area contributed by atoms with Crippen LogP contribution in [0.25, 0.3) is 0 Å². The summed E-state index contributed by atoms with van der Waals surface area (Å²) in [6.07, 6.45) is 2.77. The summed E-state index contributed by atoms with van der Waals surface area (Å²) in [5, 5.41) is 1.10. The monoisotopic (exact) mass is 399 g/mol. The fourth-order valence-corrected chi connectivity index (χ4v) is 5.26. The van der Waals surface area contributed by atoms with Gasteiger partial charge in [0.25, 0.3) is 0 Å². The van der Waals surface area contributed by atoms with E-state index in [1.54, 1.807) is 11.3 Å². The molecule has 5 rings (SSSR count). The number of amides is 1. The van der Waals surface area contributed by atoms with Gasteiger partial charge in [0.1, 0.15) is 11.9 Å². The summed E-state index contributed by atoms with van der Waals surface area (Å²) >= 11 is 1.80. The van der Waals surface area contributed by atoms with Crippen LogP contribution < -0.4 is 9.64 Å². The van der Waals surface area contributed by atoms with Gasteiger partial charge in [-0.25, -0.2) is 4.98 Å². The smallest absolute Gasteiger partial charge is 0.226 e. The molecule has 1 aromatic heterocycles. The first-order chi connectivity index (χ1) is 13.8. The van der Waals surface area contributed by atoms with Gasteiger partial charge in [0.2, 0.25) is 5.91 Å². The average Bonchev–Trinajstić information content (AvgIpc) is 3.15. The molecule has 7 heteroatoms. The van der Waals surface area contributed by atoms with Crippen LogP contribution in [0.15, 0.2) is 30.3 Å². The maximum Gasteiger partial charge on any atom is 0.226 e. The molecular formula is C21H25N3O3S.